The summed E-state index contributed by atoms with van der Waals surface area (Å²) in [7, 11) is 0. The summed E-state index contributed by atoms with van der Waals surface area (Å²) in [5.41, 5.74) is 0. The third-order valence-corrected chi connectivity index (χ3v) is 3.54. The molecule has 0 aliphatic heterocycles. The number of halogens is 1. The molecule has 3 nitrogen and oxygen atoms in total. The van der Waals surface area contributed by atoms with E-state index < -0.39 is 5.97 Å². The van der Waals surface area contributed by atoms with Gasteiger partial charge in [0.05, 0.1) is 0 Å². The van der Waals surface area contributed by atoms with Gasteiger partial charge in [-0.25, -0.2) is 4.79 Å². The molecule has 0 spiro atoms. The van der Waals surface area contributed by atoms with E-state index in [1.807, 2.05) is 11.4 Å². The second kappa shape index (κ2) is 4.20. The smallest absolute Gasteiger partial charge is 0.371 e. The molecule has 0 radical (unpaired) electrons. The van der Waals surface area contributed by atoms with Crippen molar-refractivity contribution in [3.8, 4) is 0 Å². The molecule has 0 aliphatic rings. The second-order valence-corrected chi connectivity index (χ2v) is 4.89. The predicted molar refractivity (Wildman–Crippen MR) is 60.5 cm³/mol. The van der Waals surface area contributed by atoms with E-state index >= 15 is 0 Å². The predicted octanol–water partition coefficient (Wildman–Crippen LogP) is 3.39. The lowest BCUT2D eigenvalue weighted by molar-refractivity contribution is 0.0660. The summed E-state index contributed by atoms with van der Waals surface area (Å²) < 4.78 is 6.18. The van der Waals surface area contributed by atoms with E-state index in [2.05, 4.69) is 15.9 Å². The molecule has 5 heteroatoms. The number of hydrogen-bond acceptors (Lipinski definition) is 3. The SMILES string of the molecule is O=C(O)c1ccc(Cc2cc(Br)cs2)o1. The van der Waals surface area contributed by atoms with Crippen molar-refractivity contribution in [2.45, 2.75) is 6.42 Å². The van der Waals surface area contributed by atoms with Gasteiger partial charge in [-0.1, -0.05) is 0 Å². The number of aromatic carboxylic acids is 1. The fourth-order valence-electron chi connectivity index (χ4n) is 1.21. The zero-order valence-corrected chi connectivity index (χ0v) is 9.97. The van der Waals surface area contributed by atoms with Gasteiger partial charge in [-0.2, -0.15) is 0 Å². The van der Waals surface area contributed by atoms with Crippen LogP contribution in [0.25, 0.3) is 0 Å². The lowest BCUT2D eigenvalue weighted by Gasteiger charge is -1.91. The van der Waals surface area contributed by atoms with Gasteiger partial charge >= 0.3 is 5.97 Å². The lowest BCUT2D eigenvalue weighted by Crippen LogP contribution is -1.92. The molecule has 0 saturated carbocycles. The first-order valence-electron chi connectivity index (χ1n) is 4.20. The Morgan fingerprint density at radius 1 is 1.53 bits per heavy atom. The van der Waals surface area contributed by atoms with E-state index in [9.17, 15) is 4.79 Å². The maximum absolute atomic E-state index is 10.6. The van der Waals surface area contributed by atoms with Crippen LogP contribution < -0.4 is 0 Å². The monoisotopic (exact) mass is 286 g/mol. The summed E-state index contributed by atoms with van der Waals surface area (Å²) in [5.74, 6) is -0.379. The summed E-state index contributed by atoms with van der Waals surface area (Å²) in [4.78, 5) is 11.7. The Bertz CT molecular complexity index is 486. The van der Waals surface area contributed by atoms with Crippen LogP contribution in [0.2, 0.25) is 0 Å². The molecule has 0 atom stereocenters. The largest absolute Gasteiger partial charge is 0.475 e. The molecule has 0 amide bonds. The van der Waals surface area contributed by atoms with Crippen LogP contribution >= 0.6 is 27.3 Å². The van der Waals surface area contributed by atoms with Crippen molar-refractivity contribution in [3.63, 3.8) is 0 Å². The number of rotatable bonds is 3. The van der Waals surface area contributed by atoms with E-state index in [1.54, 1.807) is 17.4 Å². The van der Waals surface area contributed by atoms with Gasteiger partial charge in [0.1, 0.15) is 5.76 Å². The van der Waals surface area contributed by atoms with E-state index in [4.69, 9.17) is 9.52 Å². The van der Waals surface area contributed by atoms with Crippen molar-refractivity contribution in [1.29, 1.82) is 0 Å². The van der Waals surface area contributed by atoms with Gasteiger partial charge in [0.2, 0.25) is 5.76 Å². The first-order valence-corrected chi connectivity index (χ1v) is 5.87. The maximum Gasteiger partial charge on any atom is 0.371 e. The van der Waals surface area contributed by atoms with Crippen LogP contribution in [0.5, 0.6) is 0 Å². The van der Waals surface area contributed by atoms with Gasteiger partial charge < -0.3 is 9.52 Å². The highest BCUT2D eigenvalue weighted by Gasteiger charge is 2.09. The van der Waals surface area contributed by atoms with Crippen molar-refractivity contribution in [1.82, 2.24) is 0 Å². The van der Waals surface area contributed by atoms with E-state index in [1.165, 1.54) is 6.07 Å². The fourth-order valence-corrected chi connectivity index (χ4v) is 2.67. The van der Waals surface area contributed by atoms with E-state index in [0.29, 0.717) is 12.2 Å². The molecule has 0 bridgehead atoms. The molecule has 0 aliphatic carbocycles. The van der Waals surface area contributed by atoms with Gasteiger partial charge in [-0.3, -0.25) is 0 Å². The van der Waals surface area contributed by atoms with Crippen LogP contribution in [0.4, 0.5) is 0 Å². The van der Waals surface area contributed by atoms with Gasteiger partial charge in [-0.05, 0) is 34.1 Å². The van der Waals surface area contributed by atoms with Crippen LogP contribution in [0.3, 0.4) is 0 Å². The number of carboxylic acid groups (broad SMARTS) is 1. The molecule has 2 rings (SSSR count). The van der Waals surface area contributed by atoms with E-state index in [0.717, 1.165) is 9.35 Å². The van der Waals surface area contributed by atoms with Gasteiger partial charge in [0.15, 0.2) is 0 Å². The molecule has 0 aromatic carbocycles. The molecule has 1 N–H and O–H groups in total. The minimum atomic E-state index is -1.03. The van der Waals surface area contributed by atoms with Crippen molar-refractivity contribution >= 4 is 33.2 Å². The van der Waals surface area contributed by atoms with E-state index in [-0.39, 0.29) is 5.76 Å². The molecular formula is C10H7BrO3S. The Labute approximate surface area is 98.5 Å². The molecule has 0 unspecified atom stereocenters. The standard InChI is InChI=1S/C10H7BrO3S/c11-6-3-8(15-5-6)4-7-1-2-9(14-7)10(12)13/h1-3,5H,4H2,(H,12,13). The molecule has 0 fully saturated rings. The molecule has 15 heavy (non-hydrogen) atoms. The Morgan fingerprint density at radius 2 is 2.33 bits per heavy atom. The Morgan fingerprint density at radius 3 is 2.87 bits per heavy atom. The molecule has 2 aromatic rings. The second-order valence-electron chi connectivity index (χ2n) is 2.98. The number of carboxylic acids is 1. The summed E-state index contributed by atoms with van der Waals surface area (Å²) in [6, 6.07) is 5.16. The zero-order chi connectivity index (χ0) is 10.8. The zero-order valence-electron chi connectivity index (χ0n) is 7.57. The molecule has 2 heterocycles. The Kier molecular flexibility index (Phi) is 2.93. The Balaban J connectivity index is 2.14. The summed E-state index contributed by atoms with van der Waals surface area (Å²) in [6.07, 6.45) is 0.629. The minimum Gasteiger partial charge on any atom is -0.475 e. The van der Waals surface area contributed by atoms with Gasteiger partial charge in [-0.15, -0.1) is 11.3 Å². The quantitative estimate of drug-likeness (QED) is 0.941. The van der Waals surface area contributed by atoms with Gasteiger partial charge in [0, 0.05) is 21.2 Å². The van der Waals surface area contributed by atoms with Crippen molar-refractivity contribution < 1.29 is 14.3 Å². The minimum absolute atomic E-state index is 0.0133. The number of carbonyl (C=O) groups is 1. The third-order valence-electron chi connectivity index (χ3n) is 1.84. The number of hydrogen-bond donors (Lipinski definition) is 1. The highest BCUT2D eigenvalue weighted by molar-refractivity contribution is 9.10. The summed E-state index contributed by atoms with van der Waals surface area (Å²) in [5, 5.41) is 10.7. The van der Waals surface area contributed by atoms with Crippen molar-refractivity contribution in [2.75, 3.05) is 0 Å². The van der Waals surface area contributed by atoms with Crippen LogP contribution in [0.1, 0.15) is 21.2 Å². The van der Waals surface area contributed by atoms with Crippen LogP contribution in [0.15, 0.2) is 32.5 Å². The first kappa shape index (κ1) is 10.4. The topological polar surface area (TPSA) is 50.4 Å². The average Bonchev–Trinajstić information content (AvgIpc) is 2.76. The summed E-state index contributed by atoms with van der Waals surface area (Å²) >= 11 is 4.97. The maximum atomic E-state index is 10.6. The fraction of sp³-hybridized carbons (Fsp3) is 0.100. The summed E-state index contributed by atoms with van der Waals surface area (Å²) in [6.45, 7) is 0. The molecular weight excluding hydrogens is 280 g/mol. The highest BCUT2D eigenvalue weighted by atomic mass is 79.9. The van der Waals surface area contributed by atoms with Crippen LogP contribution in [0, 0.1) is 0 Å². The van der Waals surface area contributed by atoms with Crippen molar-refractivity contribution in [2.24, 2.45) is 0 Å². The van der Waals surface area contributed by atoms with Gasteiger partial charge in [0.25, 0.3) is 0 Å². The lowest BCUT2D eigenvalue weighted by atomic mass is 10.3. The van der Waals surface area contributed by atoms with Crippen LogP contribution in [-0.4, -0.2) is 11.1 Å². The number of furan rings is 1. The number of thiophene rings is 1. The van der Waals surface area contributed by atoms with Crippen LogP contribution in [-0.2, 0) is 6.42 Å². The molecule has 78 valence electrons. The first-order chi connectivity index (χ1) is 7.15. The highest BCUT2D eigenvalue weighted by Crippen LogP contribution is 2.23. The van der Waals surface area contributed by atoms with Crippen molar-refractivity contribution in [3.05, 3.63) is 44.4 Å². The third kappa shape index (κ3) is 2.49. The Hall–Kier alpha value is -1.07. The normalized spacial score (nSPS) is 10.5. The molecule has 0 saturated heterocycles. The molecule has 2 aromatic heterocycles. The average molecular weight is 287 g/mol.